The summed E-state index contributed by atoms with van der Waals surface area (Å²) in [5.74, 6) is -0.332. The van der Waals surface area contributed by atoms with Gasteiger partial charge in [-0.15, -0.1) is 11.3 Å². The molecule has 7 heteroatoms. The van der Waals surface area contributed by atoms with Gasteiger partial charge in [-0.25, -0.2) is 0 Å². The molecule has 2 heterocycles. The van der Waals surface area contributed by atoms with Crippen molar-refractivity contribution in [3.05, 3.63) is 51.9 Å². The molecule has 0 fully saturated rings. The lowest BCUT2D eigenvalue weighted by Crippen LogP contribution is -3.03. The number of carbonyl (C=O) groups is 1. The van der Waals surface area contributed by atoms with Crippen molar-refractivity contribution in [1.82, 2.24) is 0 Å². The van der Waals surface area contributed by atoms with E-state index in [4.69, 9.17) is 4.84 Å². The van der Waals surface area contributed by atoms with Gasteiger partial charge in [-0.05, 0) is 38.8 Å². The molecule has 6 nitrogen and oxygen atoms in total. The molecule has 1 aliphatic heterocycles. The molecule has 0 aliphatic carbocycles. The average Bonchev–Trinajstić information content (AvgIpc) is 2.95. The summed E-state index contributed by atoms with van der Waals surface area (Å²) in [6.45, 7) is 8.44. The highest BCUT2D eigenvalue weighted by atomic mass is 32.1. The van der Waals surface area contributed by atoms with Crippen LogP contribution in [0.5, 0.6) is 0 Å². The second-order valence-corrected chi connectivity index (χ2v) is 9.24. The first kappa shape index (κ1) is 20.1. The van der Waals surface area contributed by atoms with Crippen molar-refractivity contribution in [3.63, 3.8) is 0 Å². The summed E-state index contributed by atoms with van der Waals surface area (Å²) in [5.41, 5.74) is 2.35. The van der Waals surface area contributed by atoms with E-state index < -0.39 is 0 Å². The summed E-state index contributed by atoms with van der Waals surface area (Å²) < 4.78 is 0. The number of amides is 1. The van der Waals surface area contributed by atoms with Crippen LogP contribution in [-0.4, -0.2) is 24.3 Å². The fraction of sp³-hybridized carbons (Fsp3) is 0.381. The van der Waals surface area contributed by atoms with Crippen molar-refractivity contribution in [3.8, 4) is 6.07 Å². The van der Waals surface area contributed by atoms with E-state index in [-0.39, 0.29) is 23.6 Å². The standard InChI is InChI=1S/C21H24N4O2S/c1-20(2)10-15-16(11-22)19(28-18(15)21(3,4)25-20)24-17(26)13-27-23-12-14-8-6-5-7-9-14/h5-9,12,25H,10,13H2,1-4H3,(H,24,26)/p+1/b23-12-. The largest absolute Gasteiger partial charge is 0.386 e. The van der Waals surface area contributed by atoms with E-state index in [1.165, 1.54) is 11.3 Å². The van der Waals surface area contributed by atoms with Gasteiger partial charge in [0.05, 0.1) is 22.2 Å². The van der Waals surface area contributed by atoms with Crippen LogP contribution in [0, 0.1) is 11.3 Å². The molecule has 0 spiro atoms. The Hall–Kier alpha value is -2.69. The second-order valence-electron chi connectivity index (χ2n) is 8.22. The molecule has 0 unspecified atom stereocenters. The van der Waals surface area contributed by atoms with Crippen molar-refractivity contribution < 1.29 is 14.9 Å². The number of oxime groups is 1. The van der Waals surface area contributed by atoms with Crippen molar-refractivity contribution >= 4 is 28.5 Å². The quantitative estimate of drug-likeness (QED) is 0.600. The number of hydrogen-bond acceptors (Lipinski definition) is 5. The lowest BCUT2D eigenvalue weighted by molar-refractivity contribution is -0.789. The summed E-state index contributed by atoms with van der Waals surface area (Å²) in [4.78, 5) is 18.5. The number of carbonyl (C=O) groups excluding carboxylic acids is 1. The molecule has 1 aromatic heterocycles. The van der Waals surface area contributed by atoms with Gasteiger partial charge in [0.1, 0.15) is 16.6 Å². The maximum absolute atomic E-state index is 12.3. The molecular weight excluding hydrogens is 372 g/mol. The van der Waals surface area contributed by atoms with Crippen LogP contribution in [-0.2, 0) is 21.6 Å². The number of rotatable bonds is 5. The number of benzene rings is 1. The normalized spacial score (nSPS) is 17.0. The van der Waals surface area contributed by atoms with Crippen LogP contribution >= 0.6 is 11.3 Å². The third kappa shape index (κ3) is 4.41. The van der Waals surface area contributed by atoms with Gasteiger partial charge in [0.15, 0.2) is 6.61 Å². The molecule has 1 aromatic carbocycles. The Balaban J connectivity index is 1.69. The summed E-state index contributed by atoms with van der Waals surface area (Å²) in [5, 5.41) is 19.3. The van der Waals surface area contributed by atoms with E-state index in [1.54, 1.807) is 6.21 Å². The van der Waals surface area contributed by atoms with E-state index in [0.717, 1.165) is 22.4 Å². The first-order valence-electron chi connectivity index (χ1n) is 9.15. The number of nitriles is 1. The van der Waals surface area contributed by atoms with Gasteiger partial charge < -0.3 is 15.5 Å². The van der Waals surface area contributed by atoms with Crippen molar-refractivity contribution in [1.29, 1.82) is 5.26 Å². The maximum atomic E-state index is 12.3. The zero-order valence-corrected chi connectivity index (χ0v) is 17.4. The Bertz CT molecular complexity index is 939. The fourth-order valence-electron chi connectivity index (χ4n) is 3.81. The third-order valence-electron chi connectivity index (χ3n) is 4.61. The number of anilines is 1. The van der Waals surface area contributed by atoms with Crippen LogP contribution in [0.4, 0.5) is 5.00 Å². The second kappa shape index (κ2) is 7.74. The number of fused-ring (bicyclic) bond motifs is 1. The van der Waals surface area contributed by atoms with Crippen LogP contribution in [0.15, 0.2) is 35.5 Å². The maximum Gasteiger partial charge on any atom is 0.265 e. The molecule has 0 bridgehead atoms. The molecular formula is C21H25N4O2S+. The van der Waals surface area contributed by atoms with Gasteiger partial charge in [0, 0.05) is 6.42 Å². The lowest BCUT2D eigenvalue weighted by atomic mass is 9.81. The first-order valence-corrected chi connectivity index (χ1v) is 9.97. The number of hydrogen-bond donors (Lipinski definition) is 2. The number of nitrogens with two attached hydrogens (primary N) is 1. The Kier molecular flexibility index (Phi) is 5.54. The highest BCUT2D eigenvalue weighted by molar-refractivity contribution is 7.16. The number of quaternary nitrogens is 1. The Morgan fingerprint density at radius 2 is 2.07 bits per heavy atom. The Morgan fingerprint density at radius 1 is 1.36 bits per heavy atom. The van der Waals surface area contributed by atoms with E-state index >= 15 is 0 Å². The minimum absolute atomic E-state index is 0.000281. The van der Waals surface area contributed by atoms with Gasteiger partial charge >= 0.3 is 0 Å². The topological polar surface area (TPSA) is 91.1 Å². The van der Waals surface area contributed by atoms with Crippen molar-refractivity contribution in [2.45, 2.75) is 45.2 Å². The number of nitrogens with one attached hydrogen (secondary N) is 1. The van der Waals surface area contributed by atoms with Gasteiger partial charge in [-0.3, -0.25) is 4.79 Å². The molecule has 0 radical (unpaired) electrons. The molecule has 146 valence electrons. The van der Waals surface area contributed by atoms with Gasteiger partial charge in [-0.2, -0.15) is 5.26 Å². The van der Waals surface area contributed by atoms with Crippen LogP contribution in [0.25, 0.3) is 0 Å². The van der Waals surface area contributed by atoms with E-state index in [1.807, 2.05) is 30.3 Å². The monoisotopic (exact) mass is 397 g/mol. The summed E-state index contributed by atoms with van der Waals surface area (Å²) in [7, 11) is 0. The molecule has 3 rings (SSSR count). The Labute approximate surface area is 169 Å². The molecule has 0 saturated heterocycles. The van der Waals surface area contributed by atoms with Crippen LogP contribution in [0.2, 0.25) is 0 Å². The van der Waals surface area contributed by atoms with E-state index in [2.05, 4.69) is 49.6 Å². The zero-order chi connectivity index (χ0) is 20.4. The minimum atomic E-state index is -0.332. The summed E-state index contributed by atoms with van der Waals surface area (Å²) >= 11 is 1.48. The first-order chi connectivity index (χ1) is 13.2. The molecule has 0 saturated carbocycles. The highest BCUT2D eigenvalue weighted by Gasteiger charge is 2.44. The van der Waals surface area contributed by atoms with Crippen LogP contribution in [0.3, 0.4) is 0 Å². The summed E-state index contributed by atoms with van der Waals surface area (Å²) in [6.07, 6.45) is 2.34. The molecule has 1 amide bonds. The summed E-state index contributed by atoms with van der Waals surface area (Å²) in [6, 6.07) is 11.8. The Morgan fingerprint density at radius 3 is 2.75 bits per heavy atom. The number of nitrogens with zero attached hydrogens (tertiary/aromatic N) is 2. The molecule has 2 aromatic rings. The van der Waals surface area contributed by atoms with Crippen LogP contribution < -0.4 is 10.6 Å². The predicted molar refractivity (Wildman–Crippen MR) is 110 cm³/mol. The van der Waals surface area contributed by atoms with Crippen molar-refractivity contribution in [2.24, 2.45) is 5.16 Å². The van der Waals surface area contributed by atoms with E-state index in [9.17, 15) is 10.1 Å². The van der Waals surface area contributed by atoms with Gasteiger partial charge in [0.2, 0.25) is 0 Å². The molecule has 1 aliphatic rings. The molecule has 3 N–H and O–H groups in total. The van der Waals surface area contributed by atoms with Crippen LogP contribution in [0.1, 0.15) is 49.3 Å². The fourth-order valence-corrected chi connectivity index (χ4v) is 5.06. The minimum Gasteiger partial charge on any atom is -0.386 e. The average molecular weight is 398 g/mol. The third-order valence-corrected chi connectivity index (χ3v) is 6.10. The van der Waals surface area contributed by atoms with Gasteiger partial charge in [-0.1, -0.05) is 35.5 Å². The smallest absolute Gasteiger partial charge is 0.265 e. The predicted octanol–water partition coefficient (Wildman–Crippen LogP) is 2.74. The van der Waals surface area contributed by atoms with Crippen molar-refractivity contribution in [2.75, 3.05) is 11.9 Å². The number of thiophene rings is 1. The lowest BCUT2D eigenvalue weighted by Gasteiger charge is -2.38. The highest BCUT2D eigenvalue weighted by Crippen LogP contribution is 2.41. The van der Waals surface area contributed by atoms with Gasteiger partial charge in [0.25, 0.3) is 5.91 Å². The molecule has 28 heavy (non-hydrogen) atoms. The SMILES string of the molecule is CC1(C)Cc2c(sc(NC(=O)CO/N=C\c3ccccc3)c2C#N)C(C)(C)[NH2+]1. The zero-order valence-electron chi connectivity index (χ0n) is 16.6. The molecule has 0 atom stereocenters. The van der Waals surface area contributed by atoms with E-state index in [0.29, 0.717) is 10.6 Å².